The molecule has 3 aromatic carbocycles. The Morgan fingerprint density at radius 3 is 2.07 bits per heavy atom. The van der Waals surface area contributed by atoms with Gasteiger partial charge >= 0.3 is 17.9 Å². The molecular weight excluding hydrogens is 586 g/mol. The van der Waals surface area contributed by atoms with Crippen molar-refractivity contribution < 1.29 is 42.9 Å². The Morgan fingerprint density at radius 1 is 0.795 bits per heavy atom. The summed E-state index contributed by atoms with van der Waals surface area (Å²) < 4.78 is 21.0. The van der Waals surface area contributed by atoms with E-state index in [0.29, 0.717) is 29.8 Å². The third kappa shape index (κ3) is 10.9. The maximum absolute atomic E-state index is 13.8. The second-order valence-electron chi connectivity index (χ2n) is 9.78. The Hall–Kier alpha value is -4.64. The fourth-order valence-electron chi connectivity index (χ4n) is 4.20. The minimum Gasteiger partial charge on any atom is -0.489 e. The molecule has 0 aliphatic carbocycles. The molecule has 0 N–H and O–H groups in total. The average Bonchev–Trinajstić information content (AvgIpc) is 2.99. The number of carbonyl (C=O) groups is 5. The van der Waals surface area contributed by atoms with E-state index in [1.165, 1.54) is 38.8 Å². The van der Waals surface area contributed by atoms with Crippen LogP contribution in [0.2, 0.25) is 0 Å². The zero-order valence-electron chi connectivity index (χ0n) is 25.1. The quantitative estimate of drug-likeness (QED) is 0.176. The number of carbonyl (C=O) groups excluding carboxylic acids is 5. The van der Waals surface area contributed by atoms with E-state index in [4.69, 9.17) is 18.9 Å². The summed E-state index contributed by atoms with van der Waals surface area (Å²) in [5.74, 6) is -1.56. The van der Waals surface area contributed by atoms with Gasteiger partial charge in [-0.3, -0.25) is 24.0 Å². The molecule has 3 aromatic rings. The standard InChI is InChI=1S/C33H35NO9S/c1-22(35)42-30-17-11-26(18-31(30)43-23(2)36)20-41-29-15-13-28(14-16-29)34(19-32(38)40-4)33(39)27(21-44-24(3)37)12-10-25-8-6-5-7-9-25/h5-9,11,13-18,27H,10,12,19-21H2,1-4H3/t27-/m0/s1. The maximum Gasteiger partial charge on any atom is 0.325 e. The Morgan fingerprint density at radius 2 is 1.45 bits per heavy atom. The minimum atomic E-state index is -0.583. The van der Waals surface area contributed by atoms with Gasteiger partial charge in [-0.1, -0.05) is 48.2 Å². The van der Waals surface area contributed by atoms with Gasteiger partial charge in [0.1, 0.15) is 18.9 Å². The molecule has 0 fully saturated rings. The number of amides is 1. The van der Waals surface area contributed by atoms with Crippen LogP contribution >= 0.6 is 11.8 Å². The van der Waals surface area contributed by atoms with Crippen LogP contribution in [0.4, 0.5) is 5.69 Å². The Balaban J connectivity index is 1.77. The molecule has 0 saturated heterocycles. The molecular formula is C33H35NO9S. The number of methoxy groups -OCH3 is 1. The molecule has 0 aromatic heterocycles. The number of nitrogens with zero attached hydrogens (tertiary/aromatic N) is 1. The van der Waals surface area contributed by atoms with Gasteiger partial charge in [0.05, 0.1) is 7.11 Å². The molecule has 44 heavy (non-hydrogen) atoms. The predicted molar refractivity (Wildman–Crippen MR) is 166 cm³/mol. The second kappa shape index (κ2) is 16.9. The van der Waals surface area contributed by atoms with Crippen molar-refractivity contribution in [3.05, 3.63) is 83.9 Å². The fourth-order valence-corrected chi connectivity index (χ4v) is 4.94. The van der Waals surface area contributed by atoms with Gasteiger partial charge in [-0.05, 0) is 60.4 Å². The summed E-state index contributed by atoms with van der Waals surface area (Å²) in [6.45, 7) is 3.75. The highest BCUT2D eigenvalue weighted by molar-refractivity contribution is 8.13. The van der Waals surface area contributed by atoms with Crippen LogP contribution < -0.4 is 19.1 Å². The van der Waals surface area contributed by atoms with Crippen LogP contribution in [-0.2, 0) is 41.7 Å². The van der Waals surface area contributed by atoms with Gasteiger partial charge in [0.25, 0.3) is 0 Å². The largest absolute Gasteiger partial charge is 0.489 e. The molecule has 0 bridgehead atoms. The molecule has 0 aliphatic rings. The van der Waals surface area contributed by atoms with Crippen LogP contribution in [0.25, 0.3) is 0 Å². The van der Waals surface area contributed by atoms with Gasteiger partial charge in [-0.15, -0.1) is 0 Å². The first-order valence-corrected chi connectivity index (χ1v) is 14.8. The molecule has 0 radical (unpaired) electrons. The number of esters is 3. The molecule has 3 rings (SSSR count). The van der Waals surface area contributed by atoms with Crippen molar-refractivity contribution in [2.45, 2.75) is 40.2 Å². The first kappa shape index (κ1) is 33.9. The molecule has 0 saturated carbocycles. The van der Waals surface area contributed by atoms with Gasteiger partial charge in [0, 0.05) is 38.1 Å². The monoisotopic (exact) mass is 621 g/mol. The van der Waals surface area contributed by atoms with E-state index in [2.05, 4.69) is 0 Å². The van der Waals surface area contributed by atoms with Gasteiger partial charge in [0.2, 0.25) is 5.91 Å². The van der Waals surface area contributed by atoms with Gasteiger partial charge in [-0.2, -0.15) is 0 Å². The van der Waals surface area contributed by atoms with E-state index in [9.17, 15) is 24.0 Å². The molecule has 1 atom stereocenters. The molecule has 0 aliphatic heterocycles. The normalized spacial score (nSPS) is 11.2. The zero-order valence-corrected chi connectivity index (χ0v) is 25.9. The summed E-state index contributed by atoms with van der Waals surface area (Å²) in [6, 6.07) is 21.1. The van der Waals surface area contributed by atoms with Crippen LogP contribution in [0, 0.1) is 5.92 Å². The molecule has 11 heteroatoms. The molecule has 0 heterocycles. The lowest BCUT2D eigenvalue weighted by Gasteiger charge is -2.27. The van der Waals surface area contributed by atoms with Crippen molar-refractivity contribution in [3.8, 4) is 17.2 Å². The van der Waals surface area contributed by atoms with E-state index in [1.54, 1.807) is 36.4 Å². The number of hydrogen-bond donors (Lipinski definition) is 0. The summed E-state index contributed by atoms with van der Waals surface area (Å²) in [4.78, 5) is 62.1. The van der Waals surface area contributed by atoms with Crippen LogP contribution in [0.5, 0.6) is 17.2 Å². The van der Waals surface area contributed by atoms with E-state index < -0.39 is 23.8 Å². The number of thioether (sulfide) groups is 1. The number of aryl methyl sites for hydroxylation is 1. The van der Waals surface area contributed by atoms with E-state index in [-0.39, 0.29) is 41.4 Å². The fraction of sp³-hybridized carbons (Fsp3) is 0.303. The van der Waals surface area contributed by atoms with Crippen molar-refractivity contribution >= 4 is 46.4 Å². The summed E-state index contributed by atoms with van der Waals surface area (Å²) in [5.41, 5.74) is 2.18. The SMILES string of the molecule is COC(=O)CN(C(=O)[C@@H](CCc1ccccc1)CSC(C)=O)c1ccc(OCc2ccc(OC(C)=O)c(OC(C)=O)c2)cc1. The minimum absolute atomic E-state index is 0.0888. The number of ether oxygens (including phenoxy) is 4. The summed E-state index contributed by atoms with van der Waals surface area (Å²) >= 11 is 1.08. The van der Waals surface area contributed by atoms with Crippen molar-refractivity contribution in [2.75, 3.05) is 24.3 Å². The molecule has 232 valence electrons. The molecule has 10 nitrogen and oxygen atoms in total. The number of rotatable bonds is 14. The highest BCUT2D eigenvalue weighted by atomic mass is 32.2. The van der Waals surface area contributed by atoms with Gasteiger partial charge in [0.15, 0.2) is 16.6 Å². The molecule has 1 amide bonds. The van der Waals surface area contributed by atoms with Gasteiger partial charge in [-0.25, -0.2) is 0 Å². The predicted octanol–water partition coefficient (Wildman–Crippen LogP) is 5.15. The van der Waals surface area contributed by atoms with Crippen LogP contribution in [0.15, 0.2) is 72.8 Å². The summed E-state index contributed by atoms with van der Waals surface area (Å²) in [6.07, 6.45) is 1.13. The average molecular weight is 622 g/mol. The van der Waals surface area contributed by atoms with Crippen molar-refractivity contribution in [1.29, 1.82) is 0 Å². The van der Waals surface area contributed by atoms with Crippen molar-refractivity contribution in [2.24, 2.45) is 5.92 Å². The first-order valence-electron chi connectivity index (χ1n) is 13.8. The van der Waals surface area contributed by atoms with Crippen molar-refractivity contribution in [1.82, 2.24) is 0 Å². The van der Waals surface area contributed by atoms with Crippen LogP contribution in [0.1, 0.15) is 38.3 Å². The third-order valence-corrected chi connectivity index (χ3v) is 7.29. The van der Waals surface area contributed by atoms with Crippen LogP contribution in [0.3, 0.4) is 0 Å². The number of benzene rings is 3. The first-order chi connectivity index (χ1) is 21.0. The van der Waals surface area contributed by atoms with E-state index in [1.807, 2.05) is 30.3 Å². The Kier molecular flexibility index (Phi) is 13.0. The highest BCUT2D eigenvalue weighted by Gasteiger charge is 2.28. The molecule has 0 unspecified atom stereocenters. The smallest absolute Gasteiger partial charge is 0.325 e. The Bertz CT molecular complexity index is 1460. The third-order valence-electron chi connectivity index (χ3n) is 6.31. The lowest BCUT2D eigenvalue weighted by Crippen LogP contribution is -2.41. The lowest BCUT2D eigenvalue weighted by atomic mass is 9.99. The second-order valence-corrected chi connectivity index (χ2v) is 11.0. The molecule has 0 spiro atoms. The highest BCUT2D eigenvalue weighted by Crippen LogP contribution is 2.30. The summed E-state index contributed by atoms with van der Waals surface area (Å²) in [7, 11) is 1.26. The maximum atomic E-state index is 13.8. The van der Waals surface area contributed by atoms with Crippen LogP contribution in [-0.4, -0.2) is 48.3 Å². The number of anilines is 1. The van der Waals surface area contributed by atoms with Crippen molar-refractivity contribution in [3.63, 3.8) is 0 Å². The van der Waals surface area contributed by atoms with E-state index in [0.717, 1.165) is 17.3 Å². The van der Waals surface area contributed by atoms with E-state index >= 15 is 0 Å². The Labute approximate surface area is 260 Å². The zero-order chi connectivity index (χ0) is 32.1. The van der Waals surface area contributed by atoms with Gasteiger partial charge < -0.3 is 23.8 Å². The topological polar surface area (TPSA) is 126 Å². The lowest BCUT2D eigenvalue weighted by molar-refractivity contribution is -0.140. The summed E-state index contributed by atoms with van der Waals surface area (Å²) in [5, 5.41) is -0.0930. The number of hydrogen-bond acceptors (Lipinski definition) is 10.